The molecule has 3 rings (SSSR count). The van der Waals surface area contributed by atoms with Crippen LogP contribution in [0.25, 0.3) is 0 Å². The fourth-order valence-corrected chi connectivity index (χ4v) is 4.02. The van der Waals surface area contributed by atoms with Gasteiger partial charge in [-0.3, -0.25) is 14.5 Å². The fraction of sp³-hybridized carbons (Fsp3) is 0.381. The maximum Gasteiger partial charge on any atom is 0.447 e. The maximum absolute atomic E-state index is 12.8. The van der Waals surface area contributed by atoms with E-state index in [1.54, 1.807) is 0 Å². The number of nitrogens with one attached hydrogen (secondary N) is 1. The number of benzene rings is 1. The summed E-state index contributed by atoms with van der Waals surface area (Å²) in [4.78, 5) is 32.3. The van der Waals surface area contributed by atoms with Gasteiger partial charge in [-0.25, -0.2) is 4.98 Å². The van der Waals surface area contributed by atoms with Crippen LogP contribution in [-0.2, 0) is 4.79 Å². The number of para-hydroxylation sites is 1. The number of thioether (sulfide) groups is 1. The highest BCUT2D eigenvalue weighted by Gasteiger charge is 2.33. The number of hydrogen-bond donors (Lipinski definition) is 1. The summed E-state index contributed by atoms with van der Waals surface area (Å²) in [6, 6.07) is 8.58. The zero-order valence-electron chi connectivity index (χ0n) is 17.2. The number of anilines is 1. The standard InChI is InChI=1S/C21H23F3N4O2S/c1-14-5-3-6-15(2)18(14)26-17(29)13-27-9-11-28(12-10-27)20(30)16-7-4-8-25-19(16)31-21(22,23)24/h3-8H,9-13H2,1-2H3,(H,26,29). The van der Waals surface area contributed by atoms with Gasteiger partial charge in [-0.15, -0.1) is 0 Å². The van der Waals surface area contributed by atoms with Gasteiger partial charge in [0.25, 0.3) is 5.91 Å². The Morgan fingerprint density at radius 2 is 1.71 bits per heavy atom. The second-order valence-corrected chi connectivity index (χ2v) is 8.34. The number of hydrogen-bond acceptors (Lipinski definition) is 5. The predicted molar refractivity (Wildman–Crippen MR) is 113 cm³/mol. The normalized spacial score (nSPS) is 15.1. The van der Waals surface area contributed by atoms with Gasteiger partial charge >= 0.3 is 5.51 Å². The van der Waals surface area contributed by atoms with Crippen LogP contribution in [0.1, 0.15) is 21.5 Å². The van der Waals surface area contributed by atoms with Crippen molar-refractivity contribution in [1.82, 2.24) is 14.8 Å². The second-order valence-electron chi connectivity index (χ2n) is 7.29. The molecule has 166 valence electrons. The summed E-state index contributed by atoms with van der Waals surface area (Å²) >= 11 is -0.390. The summed E-state index contributed by atoms with van der Waals surface area (Å²) in [5.74, 6) is -0.632. The third-order valence-electron chi connectivity index (χ3n) is 4.99. The number of piperazine rings is 1. The third-order valence-corrected chi connectivity index (χ3v) is 5.74. The number of carbonyl (C=O) groups is 2. The Bertz CT molecular complexity index is 940. The Morgan fingerprint density at radius 3 is 2.32 bits per heavy atom. The van der Waals surface area contributed by atoms with Crippen molar-refractivity contribution in [2.45, 2.75) is 24.4 Å². The summed E-state index contributed by atoms with van der Waals surface area (Å²) in [5.41, 5.74) is -1.83. The van der Waals surface area contributed by atoms with Crippen molar-refractivity contribution >= 4 is 29.3 Å². The molecule has 1 N–H and O–H groups in total. The Balaban J connectivity index is 1.56. The Labute approximate surface area is 182 Å². The van der Waals surface area contributed by atoms with Crippen molar-refractivity contribution in [1.29, 1.82) is 0 Å². The molecule has 1 aromatic carbocycles. The number of carbonyl (C=O) groups excluding carboxylic acids is 2. The first kappa shape index (κ1) is 23.1. The largest absolute Gasteiger partial charge is 0.447 e. The number of amides is 2. The molecule has 1 aromatic heterocycles. The molecule has 10 heteroatoms. The van der Waals surface area contributed by atoms with Crippen LogP contribution in [0.15, 0.2) is 41.6 Å². The van der Waals surface area contributed by atoms with Crippen LogP contribution in [0, 0.1) is 13.8 Å². The number of aryl methyl sites for hydroxylation is 2. The average Bonchev–Trinajstić information content (AvgIpc) is 2.70. The lowest BCUT2D eigenvalue weighted by Gasteiger charge is -2.34. The van der Waals surface area contributed by atoms with Gasteiger partial charge in [-0.1, -0.05) is 18.2 Å². The Hall–Kier alpha value is -2.59. The molecule has 0 spiro atoms. The van der Waals surface area contributed by atoms with Crippen molar-refractivity contribution in [3.05, 3.63) is 53.2 Å². The smallest absolute Gasteiger partial charge is 0.336 e. The van der Waals surface area contributed by atoms with E-state index in [0.29, 0.717) is 26.2 Å². The first-order chi connectivity index (χ1) is 14.6. The minimum atomic E-state index is -4.52. The van der Waals surface area contributed by atoms with Crippen LogP contribution in [-0.4, -0.2) is 64.8 Å². The van der Waals surface area contributed by atoms with Gasteiger partial charge in [0.05, 0.1) is 12.1 Å². The molecule has 0 saturated carbocycles. The molecule has 1 aliphatic rings. The minimum absolute atomic E-state index is 0.0638. The van der Waals surface area contributed by atoms with Crippen molar-refractivity contribution < 1.29 is 22.8 Å². The number of nitrogens with zero attached hydrogens (tertiary/aromatic N) is 3. The summed E-state index contributed by atoms with van der Waals surface area (Å²) in [6.45, 7) is 5.58. The van der Waals surface area contributed by atoms with Crippen molar-refractivity contribution in [2.24, 2.45) is 0 Å². The van der Waals surface area contributed by atoms with Crippen molar-refractivity contribution in [3.8, 4) is 0 Å². The van der Waals surface area contributed by atoms with Crippen LogP contribution in [0.5, 0.6) is 0 Å². The van der Waals surface area contributed by atoms with E-state index in [9.17, 15) is 22.8 Å². The van der Waals surface area contributed by atoms with Gasteiger partial charge in [0.1, 0.15) is 5.03 Å². The molecule has 0 atom stereocenters. The SMILES string of the molecule is Cc1cccc(C)c1NC(=O)CN1CCN(C(=O)c2cccnc2SC(F)(F)F)CC1. The van der Waals surface area contributed by atoms with Crippen LogP contribution in [0.3, 0.4) is 0 Å². The van der Waals surface area contributed by atoms with Gasteiger partial charge in [0.15, 0.2) is 0 Å². The van der Waals surface area contributed by atoms with E-state index in [4.69, 9.17) is 0 Å². The Morgan fingerprint density at radius 1 is 1.06 bits per heavy atom. The monoisotopic (exact) mass is 452 g/mol. The molecule has 2 heterocycles. The van der Waals surface area contributed by atoms with Crippen LogP contribution in [0.4, 0.5) is 18.9 Å². The van der Waals surface area contributed by atoms with Crippen LogP contribution >= 0.6 is 11.8 Å². The number of rotatable bonds is 5. The molecular weight excluding hydrogens is 429 g/mol. The second kappa shape index (κ2) is 9.69. The molecule has 2 amide bonds. The van der Waals surface area contributed by atoms with E-state index in [-0.39, 0.29) is 23.0 Å². The van der Waals surface area contributed by atoms with Crippen molar-refractivity contribution in [2.75, 3.05) is 38.0 Å². The molecule has 0 unspecified atom stereocenters. The molecule has 0 bridgehead atoms. The molecule has 31 heavy (non-hydrogen) atoms. The van der Waals surface area contributed by atoms with Gasteiger partial charge in [-0.05, 0) is 37.1 Å². The van der Waals surface area contributed by atoms with Gasteiger partial charge in [0.2, 0.25) is 5.91 Å². The number of pyridine rings is 1. The highest BCUT2D eigenvalue weighted by atomic mass is 32.2. The van der Waals surface area contributed by atoms with Gasteiger partial charge in [0, 0.05) is 49.8 Å². The number of aromatic nitrogens is 1. The summed E-state index contributed by atoms with van der Waals surface area (Å²) < 4.78 is 38.3. The Kier molecular flexibility index (Phi) is 7.22. The molecular formula is C21H23F3N4O2S. The number of alkyl halides is 3. The van der Waals surface area contributed by atoms with E-state index in [0.717, 1.165) is 16.8 Å². The van der Waals surface area contributed by atoms with Crippen molar-refractivity contribution in [3.63, 3.8) is 0 Å². The quantitative estimate of drug-likeness (QED) is 0.701. The summed E-state index contributed by atoms with van der Waals surface area (Å²) in [6.07, 6.45) is 1.23. The van der Waals surface area contributed by atoms with Gasteiger partial charge in [-0.2, -0.15) is 13.2 Å². The van der Waals surface area contributed by atoms with E-state index < -0.39 is 23.2 Å². The maximum atomic E-state index is 12.8. The van der Waals surface area contributed by atoms with Crippen LogP contribution < -0.4 is 5.32 Å². The minimum Gasteiger partial charge on any atom is -0.336 e. The average molecular weight is 453 g/mol. The molecule has 2 aromatic rings. The first-order valence-corrected chi connectivity index (χ1v) is 10.5. The first-order valence-electron chi connectivity index (χ1n) is 9.72. The summed E-state index contributed by atoms with van der Waals surface area (Å²) in [7, 11) is 0. The third kappa shape index (κ3) is 6.20. The van der Waals surface area contributed by atoms with E-state index in [1.807, 2.05) is 36.9 Å². The van der Waals surface area contributed by atoms with Gasteiger partial charge < -0.3 is 10.2 Å². The van der Waals surface area contributed by atoms with E-state index in [2.05, 4.69) is 10.3 Å². The lowest BCUT2D eigenvalue weighted by molar-refractivity contribution is -0.117. The highest BCUT2D eigenvalue weighted by Crippen LogP contribution is 2.37. The molecule has 1 aliphatic heterocycles. The molecule has 1 saturated heterocycles. The summed E-state index contributed by atoms with van der Waals surface area (Å²) in [5, 5.41) is 2.58. The lowest BCUT2D eigenvalue weighted by atomic mass is 10.1. The highest BCUT2D eigenvalue weighted by molar-refractivity contribution is 8.00. The lowest BCUT2D eigenvalue weighted by Crippen LogP contribution is -2.50. The predicted octanol–water partition coefficient (Wildman–Crippen LogP) is 3.71. The van der Waals surface area contributed by atoms with E-state index in [1.165, 1.54) is 23.2 Å². The zero-order chi connectivity index (χ0) is 22.6. The topological polar surface area (TPSA) is 65.5 Å². The van der Waals surface area contributed by atoms with E-state index >= 15 is 0 Å². The molecule has 6 nitrogen and oxygen atoms in total. The molecule has 1 fully saturated rings. The van der Waals surface area contributed by atoms with Crippen LogP contribution in [0.2, 0.25) is 0 Å². The molecule has 0 radical (unpaired) electrons. The number of halogens is 3. The fourth-order valence-electron chi connectivity index (χ4n) is 3.42. The molecule has 0 aliphatic carbocycles. The zero-order valence-corrected chi connectivity index (χ0v) is 18.0.